The van der Waals surface area contributed by atoms with Crippen LogP contribution in [-0.2, 0) is 0 Å². The molecular formula is C17H15FN2O3. The van der Waals surface area contributed by atoms with Crippen LogP contribution in [0.4, 0.5) is 10.1 Å². The standard InChI is InChI=1S/C17H15FN2O3/c18-8-1-4-13-12(5-8)15(14(7-21)19-13)16-11-6-9(22)2-3-10(11)17(23)20-16/h1-6,14-16,19,21-22H,7H2,(H,20,23). The summed E-state index contributed by atoms with van der Waals surface area (Å²) in [6.45, 7) is -0.151. The molecular weight excluding hydrogens is 299 g/mol. The molecule has 2 aromatic rings. The molecule has 5 nitrogen and oxygen atoms in total. The van der Waals surface area contributed by atoms with E-state index in [1.165, 1.54) is 18.2 Å². The van der Waals surface area contributed by atoms with Crippen molar-refractivity contribution < 1.29 is 19.4 Å². The van der Waals surface area contributed by atoms with Gasteiger partial charge in [-0.1, -0.05) is 0 Å². The Hall–Kier alpha value is -2.60. The van der Waals surface area contributed by atoms with Crippen LogP contribution in [0.3, 0.4) is 0 Å². The van der Waals surface area contributed by atoms with Gasteiger partial charge in [-0.25, -0.2) is 4.39 Å². The van der Waals surface area contributed by atoms with Crippen molar-refractivity contribution in [2.45, 2.75) is 18.0 Å². The lowest BCUT2D eigenvalue weighted by molar-refractivity contribution is 0.0949. The maximum Gasteiger partial charge on any atom is 0.252 e. The fraction of sp³-hybridized carbons (Fsp3) is 0.235. The molecule has 0 fully saturated rings. The second kappa shape index (κ2) is 4.96. The summed E-state index contributed by atoms with van der Waals surface area (Å²) in [7, 11) is 0. The first-order valence-corrected chi connectivity index (χ1v) is 7.39. The quantitative estimate of drug-likeness (QED) is 0.682. The van der Waals surface area contributed by atoms with E-state index in [4.69, 9.17) is 0 Å². The zero-order valence-corrected chi connectivity index (χ0v) is 12.1. The van der Waals surface area contributed by atoms with Gasteiger partial charge in [0.1, 0.15) is 11.6 Å². The summed E-state index contributed by atoms with van der Waals surface area (Å²) >= 11 is 0. The van der Waals surface area contributed by atoms with Crippen LogP contribution in [0.25, 0.3) is 0 Å². The Morgan fingerprint density at radius 3 is 2.70 bits per heavy atom. The van der Waals surface area contributed by atoms with E-state index in [0.29, 0.717) is 16.7 Å². The molecule has 23 heavy (non-hydrogen) atoms. The normalized spacial score (nSPS) is 24.8. The van der Waals surface area contributed by atoms with Gasteiger partial charge in [-0.05, 0) is 47.5 Å². The number of carbonyl (C=O) groups excluding carboxylic acids is 1. The highest BCUT2D eigenvalue weighted by atomic mass is 19.1. The number of carbonyl (C=O) groups is 1. The van der Waals surface area contributed by atoms with Gasteiger partial charge in [-0.15, -0.1) is 0 Å². The van der Waals surface area contributed by atoms with E-state index in [0.717, 1.165) is 5.69 Å². The number of phenolic OH excluding ortho intramolecular Hbond substituents is 1. The Morgan fingerprint density at radius 1 is 1.09 bits per heavy atom. The lowest BCUT2D eigenvalue weighted by Gasteiger charge is -2.25. The number of anilines is 1. The van der Waals surface area contributed by atoms with Crippen molar-refractivity contribution in [1.29, 1.82) is 0 Å². The van der Waals surface area contributed by atoms with Crippen molar-refractivity contribution in [3.05, 3.63) is 58.9 Å². The Kier molecular flexibility index (Phi) is 3.02. The minimum absolute atomic E-state index is 0.0659. The number of benzene rings is 2. The summed E-state index contributed by atoms with van der Waals surface area (Å²) in [6.07, 6.45) is 0. The SMILES string of the molecule is O=C1NC(C2c3cc(F)ccc3NC2CO)c2cc(O)ccc21. The van der Waals surface area contributed by atoms with Gasteiger partial charge < -0.3 is 20.8 Å². The van der Waals surface area contributed by atoms with Crippen molar-refractivity contribution in [3.8, 4) is 5.75 Å². The van der Waals surface area contributed by atoms with Crippen molar-refractivity contribution in [2.75, 3.05) is 11.9 Å². The zero-order chi connectivity index (χ0) is 16.1. The fourth-order valence-electron chi connectivity index (χ4n) is 3.61. The highest BCUT2D eigenvalue weighted by molar-refractivity contribution is 5.99. The third-order valence-electron chi connectivity index (χ3n) is 4.60. The lowest BCUT2D eigenvalue weighted by Crippen LogP contribution is -2.34. The van der Waals surface area contributed by atoms with Gasteiger partial charge in [0.25, 0.3) is 5.91 Å². The Balaban J connectivity index is 1.84. The Bertz CT molecular complexity index is 808. The lowest BCUT2D eigenvalue weighted by atomic mass is 9.84. The molecule has 0 spiro atoms. The van der Waals surface area contributed by atoms with Crippen LogP contribution in [0, 0.1) is 5.82 Å². The molecule has 0 aliphatic carbocycles. The molecule has 2 aliphatic heterocycles. The smallest absolute Gasteiger partial charge is 0.252 e. The molecule has 3 atom stereocenters. The summed E-state index contributed by atoms with van der Waals surface area (Å²) in [5.74, 6) is -0.852. The van der Waals surface area contributed by atoms with E-state index in [2.05, 4.69) is 10.6 Å². The number of nitrogens with one attached hydrogen (secondary N) is 2. The van der Waals surface area contributed by atoms with Crippen LogP contribution >= 0.6 is 0 Å². The number of phenols is 1. The zero-order valence-electron chi connectivity index (χ0n) is 12.1. The highest BCUT2D eigenvalue weighted by Crippen LogP contribution is 2.46. The Labute approximate surface area is 131 Å². The van der Waals surface area contributed by atoms with Crippen molar-refractivity contribution in [2.24, 2.45) is 0 Å². The van der Waals surface area contributed by atoms with Crippen LogP contribution < -0.4 is 10.6 Å². The Morgan fingerprint density at radius 2 is 1.91 bits per heavy atom. The van der Waals surface area contributed by atoms with Gasteiger partial charge in [0, 0.05) is 17.2 Å². The second-order valence-electron chi connectivity index (χ2n) is 5.91. The summed E-state index contributed by atoms with van der Waals surface area (Å²) in [4.78, 5) is 12.2. The van der Waals surface area contributed by atoms with Gasteiger partial charge in [0.15, 0.2) is 0 Å². The second-order valence-corrected chi connectivity index (χ2v) is 5.91. The van der Waals surface area contributed by atoms with Crippen molar-refractivity contribution in [1.82, 2.24) is 5.32 Å². The van der Waals surface area contributed by atoms with E-state index in [-0.39, 0.29) is 36.0 Å². The molecule has 4 N–H and O–H groups in total. The number of hydrogen-bond acceptors (Lipinski definition) is 4. The molecule has 0 radical (unpaired) electrons. The van der Waals surface area contributed by atoms with Gasteiger partial charge >= 0.3 is 0 Å². The van der Waals surface area contributed by atoms with Gasteiger partial charge in [-0.3, -0.25) is 4.79 Å². The summed E-state index contributed by atoms with van der Waals surface area (Å²) in [5, 5.41) is 25.5. The van der Waals surface area contributed by atoms with E-state index < -0.39 is 6.04 Å². The molecule has 1 amide bonds. The summed E-state index contributed by atoms with van der Waals surface area (Å²) in [5.41, 5.74) is 2.62. The van der Waals surface area contributed by atoms with E-state index in [1.54, 1.807) is 18.2 Å². The molecule has 2 aliphatic rings. The molecule has 118 valence electrons. The van der Waals surface area contributed by atoms with Crippen LogP contribution in [0.1, 0.15) is 33.4 Å². The van der Waals surface area contributed by atoms with Gasteiger partial charge in [-0.2, -0.15) is 0 Å². The number of fused-ring (bicyclic) bond motifs is 2. The van der Waals surface area contributed by atoms with Gasteiger partial charge in [0.2, 0.25) is 0 Å². The molecule has 0 saturated heterocycles. The minimum Gasteiger partial charge on any atom is -0.508 e. The molecule has 2 heterocycles. The maximum atomic E-state index is 13.7. The molecule has 4 rings (SSSR count). The number of amides is 1. The number of aromatic hydroxyl groups is 1. The van der Waals surface area contributed by atoms with Crippen LogP contribution in [-0.4, -0.2) is 28.8 Å². The molecule has 0 saturated carbocycles. The van der Waals surface area contributed by atoms with Crippen LogP contribution in [0.15, 0.2) is 36.4 Å². The minimum atomic E-state index is -0.433. The first-order chi connectivity index (χ1) is 11.1. The predicted molar refractivity (Wildman–Crippen MR) is 82.0 cm³/mol. The maximum absolute atomic E-state index is 13.7. The fourth-order valence-corrected chi connectivity index (χ4v) is 3.61. The number of hydrogen-bond donors (Lipinski definition) is 4. The predicted octanol–water partition coefficient (Wildman–Crippen LogP) is 1.89. The van der Waals surface area contributed by atoms with Crippen molar-refractivity contribution >= 4 is 11.6 Å². The molecule has 0 bridgehead atoms. The van der Waals surface area contributed by atoms with E-state index in [1.807, 2.05) is 0 Å². The molecule has 2 aromatic carbocycles. The van der Waals surface area contributed by atoms with Crippen molar-refractivity contribution in [3.63, 3.8) is 0 Å². The third-order valence-corrected chi connectivity index (χ3v) is 4.60. The topological polar surface area (TPSA) is 81.6 Å². The monoisotopic (exact) mass is 314 g/mol. The number of halogens is 1. The first-order valence-electron chi connectivity index (χ1n) is 7.39. The molecule has 3 unspecified atom stereocenters. The third kappa shape index (κ3) is 2.06. The largest absolute Gasteiger partial charge is 0.508 e. The van der Waals surface area contributed by atoms with Crippen LogP contribution in [0.5, 0.6) is 5.75 Å². The average molecular weight is 314 g/mol. The summed E-state index contributed by atoms with van der Waals surface area (Å²) < 4.78 is 13.7. The number of aliphatic hydroxyl groups is 1. The van der Waals surface area contributed by atoms with E-state index >= 15 is 0 Å². The summed E-state index contributed by atoms with van der Waals surface area (Å²) in [6, 6.07) is 8.22. The van der Waals surface area contributed by atoms with E-state index in [9.17, 15) is 19.4 Å². The van der Waals surface area contributed by atoms with Crippen LogP contribution in [0.2, 0.25) is 0 Å². The molecule has 6 heteroatoms. The van der Waals surface area contributed by atoms with Gasteiger partial charge in [0.05, 0.1) is 18.7 Å². The number of rotatable bonds is 2. The molecule has 0 aromatic heterocycles. The number of aliphatic hydroxyl groups excluding tert-OH is 1. The highest BCUT2D eigenvalue weighted by Gasteiger charge is 2.43. The first kappa shape index (κ1) is 14.0. The average Bonchev–Trinajstić information content (AvgIpc) is 3.04.